The van der Waals surface area contributed by atoms with Gasteiger partial charge in [0.25, 0.3) is 0 Å². The normalized spacial score (nSPS) is 16.7. The number of carboxylic acids is 1. The molecule has 1 fully saturated rings. The highest BCUT2D eigenvalue weighted by Crippen LogP contribution is 2.12. The number of aliphatic hydroxyl groups excluding tert-OH is 2. The number of aliphatic carboxylic acids is 1. The number of rotatable bonds is 17. The number of ether oxygens (including phenoxy) is 1. The number of carbonyl (C=O) groups is 2. The molecule has 2 atom stereocenters. The molecule has 1 heterocycles. The van der Waals surface area contributed by atoms with E-state index in [9.17, 15) is 9.59 Å². The fourth-order valence-electron chi connectivity index (χ4n) is 3.28. The maximum absolute atomic E-state index is 11.3. The van der Waals surface area contributed by atoms with Crippen LogP contribution in [0.15, 0.2) is 12.2 Å². The van der Waals surface area contributed by atoms with Crippen molar-refractivity contribution in [3.8, 4) is 0 Å². The predicted octanol–water partition coefficient (Wildman–Crippen LogP) is 3.96. The molecule has 0 radical (unpaired) electrons. The molecule has 0 aromatic rings. The van der Waals surface area contributed by atoms with Crippen molar-refractivity contribution in [3.63, 3.8) is 0 Å². The minimum atomic E-state index is -0.987. The minimum absolute atomic E-state index is 0.155. The molecule has 1 saturated heterocycles. The molecule has 0 aromatic heterocycles. The van der Waals surface area contributed by atoms with E-state index < -0.39 is 24.6 Å². The first-order valence-corrected chi connectivity index (χ1v) is 12.1. The molecule has 31 heavy (non-hydrogen) atoms. The Kier molecular flexibility index (Phi) is 20.8. The second-order valence-electron chi connectivity index (χ2n) is 8.18. The van der Waals surface area contributed by atoms with Gasteiger partial charge in [-0.1, -0.05) is 77.2 Å². The van der Waals surface area contributed by atoms with Crippen molar-refractivity contribution in [1.29, 1.82) is 0 Å². The first-order valence-electron chi connectivity index (χ1n) is 12.1. The molecule has 4 N–H and O–H groups in total. The largest absolute Gasteiger partial charge is 0.480 e. The molecule has 0 aromatic carbocycles. The molecular formula is C24H45NO6. The first-order chi connectivity index (χ1) is 15.0. The molecular weight excluding hydrogens is 398 g/mol. The van der Waals surface area contributed by atoms with Gasteiger partial charge in [0.2, 0.25) is 0 Å². The maximum Gasteiger partial charge on any atom is 0.330 e. The van der Waals surface area contributed by atoms with Gasteiger partial charge >= 0.3 is 11.9 Å². The smallest absolute Gasteiger partial charge is 0.330 e. The van der Waals surface area contributed by atoms with E-state index in [1.165, 1.54) is 70.3 Å². The van der Waals surface area contributed by atoms with Crippen molar-refractivity contribution in [2.75, 3.05) is 19.8 Å². The Hall–Kier alpha value is -1.44. The van der Waals surface area contributed by atoms with E-state index >= 15 is 0 Å². The van der Waals surface area contributed by atoms with Gasteiger partial charge in [0.05, 0.1) is 6.61 Å². The third-order valence-corrected chi connectivity index (χ3v) is 5.22. The highest BCUT2D eigenvalue weighted by atomic mass is 16.5. The monoisotopic (exact) mass is 443 g/mol. The molecule has 1 aliphatic heterocycles. The third kappa shape index (κ3) is 20.2. The van der Waals surface area contributed by atoms with Crippen LogP contribution in [0.1, 0.15) is 96.8 Å². The van der Waals surface area contributed by atoms with Crippen LogP contribution in [0.4, 0.5) is 0 Å². The fourth-order valence-corrected chi connectivity index (χ4v) is 3.28. The number of unbranched alkanes of at least 4 members (excludes halogenated alkanes) is 11. The molecule has 1 aliphatic rings. The second kappa shape index (κ2) is 21.8. The van der Waals surface area contributed by atoms with Gasteiger partial charge in [-0.25, -0.2) is 4.79 Å². The van der Waals surface area contributed by atoms with Gasteiger partial charge in [-0.3, -0.25) is 4.79 Å². The Labute approximate surface area is 188 Å². The Bertz CT molecular complexity index is 463. The lowest BCUT2D eigenvalue weighted by Crippen LogP contribution is -2.29. The van der Waals surface area contributed by atoms with Crippen LogP contribution >= 0.6 is 0 Å². The summed E-state index contributed by atoms with van der Waals surface area (Å²) < 4.78 is 4.77. The van der Waals surface area contributed by atoms with Crippen LogP contribution in [0.25, 0.3) is 0 Å². The lowest BCUT2D eigenvalue weighted by molar-refractivity contribution is -0.141. The lowest BCUT2D eigenvalue weighted by atomic mass is 10.1. The molecule has 0 spiro atoms. The van der Waals surface area contributed by atoms with Gasteiger partial charge in [-0.15, -0.1) is 0 Å². The van der Waals surface area contributed by atoms with E-state index in [1.54, 1.807) is 0 Å². The summed E-state index contributed by atoms with van der Waals surface area (Å²) in [6.07, 6.45) is 19.4. The van der Waals surface area contributed by atoms with Crippen LogP contribution in [-0.2, 0) is 14.3 Å². The molecule has 1 unspecified atom stereocenters. The Balaban J connectivity index is 0.000000929. The number of esters is 1. The SMILES string of the molecule is CCCCCCCCCCCCCC=CC(=O)OCC(O)CO.O=C(O)[C@@H]1CCCN1. The van der Waals surface area contributed by atoms with E-state index in [0.717, 1.165) is 32.2 Å². The van der Waals surface area contributed by atoms with Crippen molar-refractivity contribution in [2.24, 2.45) is 0 Å². The minimum Gasteiger partial charge on any atom is -0.480 e. The van der Waals surface area contributed by atoms with Crippen LogP contribution in [0.5, 0.6) is 0 Å². The van der Waals surface area contributed by atoms with Gasteiger partial charge in [0, 0.05) is 6.08 Å². The molecule has 182 valence electrons. The van der Waals surface area contributed by atoms with Crippen LogP contribution in [0.3, 0.4) is 0 Å². The van der Waals surface area contributed by atoms with Crippen molar-refractivity contribution >= 4 is 11.9 Å². The van der Waals surface area contributed by atoms with E-state index in [-0.39, 0.29) is 12.6 Å². The van der Waals surface area contributed by atoms with Crippen LogP contribution in [0.2, 0.25) is 0 Å². The number of hydrogen-bond donors (Lipinski definition) is 4. The average Bonchev–Trinajstić information content (AvgIpc) is 3.31. The van der Waals surface area contributed by atoms with Crippen molar-refractivity contribution in [2.45, 2.75) is 109 Å². The highest BCUT2D eigenvalue weighted by molar-refractivity contribution is 5.81. The average molecular weight is 444 g/mol. The standard InChI is InChI=1S/C19H36O4.C5H9NO2/c1-2-3-4-5-6-7-8-9-10-11-12-13-14-15-19(22)23-17-18(21)16-20;7-5(8)4-2-1-3-6-4/h14-15,18,20-21H,2-13,16-17H2,1H3;4,6H,1-3H2,(H,7,8)/t;4-/m.0/s1. The molecule has 0 amide bonds. The van der Waals surface area contributed by atoms with E-state index in [1.807, 2.05) is 6.08 Å². The number of allylic oxidation sites excluding steroid dienone is 1. The van der Waals surface area contributed by atoms with Crippen molar-refractivity contribution in [1.82, 2.24) is 5.32 Å². The number of carbonyl (C=O) groups excluding carboxylic acids is 1. The van der Waals surface area contributed by atoms with Crippen molar-refractivity contribution < 1.29 is 29.6 Å². The Morgan fingerprint density at radius 2 is 1.61 bits per heavy atom. The number of carboxylic acid groups (broad SMARTS) is 1. The topological polar surface area (TPSA) is 116 Å². The van der Waals surface area contributed by atoms with Gasteiger partial charge in [-0.2, -0.15) is 0 Å². The fraction of sp³-hybridized carbons (Fsp3) is 0.833. The number of nitrogens with one attached hydrogen (secondary N) is 1. The summed E-state index contributed by atoms with van der Waals surface area (Å²) in [5.41, 5.74) is 0. The number of hydrogen-bond acceptors (Lipinski definition) is 6. The Morgan fingerprint density at radius 1 is 1.03 bits per heavy atom. The maximum atomic E-state index is 11.3. The van der Waals surface area contributed by atoms with E-state index in [2.05, 4.69) is 12.2 Å². The number of aliphatic hydroxyl groups is 2. The van der Waals surface area contributed by atoms with Crippen molar-refractivity contribution in [3.05, 3.63) is 12.2 Å². The summed E-state index contributed by atoms with van der Waals surface area (Å²) in [5, 5.41) is 28.8. The van der Waals surface area contributed by atoms with Gasteiger partial charge in [0.15, 0.2) is 0 Å². The van der Waals surface area contributed by atoms with Crippen LogP contribution < -0.4 is 5.32 Å². The van der Waals surface area contributed by atoms with E-state index in [0.29, 0.717) is 0 Å². The summed E-state index contributed by atoms with van der Waals surface area (Å²) in [6.45, 7) is 2.56. The second-order valence-corrected chi connectivity index (χ2v) is 8.18. The molecule has 7 nitrogen and oxygen atoms in total. The van der Waals surface area contributed by atoms with Gasteiger partial charge < -0.3 is 25.4 Å². The van der Waals surface area contributed by atoms with E-state index in [4.69, 9.17) is 20.1 Å². The summed E-state index contributed by atoms with van der Waals surface area (Å²) in [6, 6.07) is -0.269. The van der Waals surface area contributed by atoms with Crippen LogP contribution in [-0.4, -0.2) is 59.2 Å². The zero-order valence-electron chi connectivity index (χ0n) is 19.4. The van der Waals surface area contributed by atoms with Gasteiger partial charge in [-0.05, 0) is 32.2 Å². The molecule has 0 saturated carbocycles. The highest BCUT2D eigenvalue weighted by Gasteiger charge is 2.20. The third-order valence-electron chi connectivity index (χ3n) is 5.22. The predicted molar refractivity (Wildman–Crippen MR) is 123 cm³/mol. The first kappa shape index (κ1) is 29.6. The molecule has 7 heteroatoms. The zero-order valence-corrected chi connectivity index (χ0v) is 19.4. The zero-order chi connectivity index (χ0) is 23.2. The summed E-state index contributed by atoms with van der Waals surface area (Å²) in [4.78, 5) is 21.4. The quantitative estimate of drug-likeness (QED) is 0.153. The summed E-state index contributed by atoms with van der Waals surface area (Å²) in [5.74, 6) is -1.18. The lowest BCUT2D eigenvalue weighted by Gasteiger charge is -2.06. The Morgan fingerprint density at radius 3 is 2.06 bits per heavy atom. The molecule has 1 rings (SSSR count). The van der Waals surface area contributed by atoms with Gasteiger partial charge in [0.1, 0.15) is 18.8 Å². The summed E-state index contributed by atoms with van der Waals surface area (Å²) in [7, 11) is 0. The van der Waals surface area contributed by atoms with Crippen LogP contribution in [0, 0.1) is 0 Å². The summed E-state index contributed by atoms with van der Waals surface area (Å²) >= 11 is 0. The molecule has 0 bridgehead atoms. The molecule has 0 aliphatic carbocycles.